The molecule has 0 fully saturated rings. The Morgan fingerprint density at radius 1 is 1.53 bits per heavy atom. The van der Waals surface area contributed by atoms with Crippen molar-refractivity contribution in [1.29, 1.82) is 0 Å². The molecule has 0 aliphatic heterocycles. The summed E-state index contributed by atoms with van der Waals surface area (Å²) in [4.78, 5) is 12.5. The van der Waals surface area contributed by atoms with Gasteiger partial charge in [0.05, 0.1) is 12.8 Å². The van der Waals surface area contributed by atoms with Crippen molar-refractivity contribution in [1.82, 2.24) is 5.32 Å². The van der Waals surface area contributed by atoms with Gasteiger partial charge in [0.15, 0.2) is 0 Å². The molecular formula is C14H15NO3S. The lowest BCUT2D eigenvalue weighted by Gasteiger charge is -2.23. The Morgan fingerprint density at radius 3 is 3.26 bits per heavy atom. The van der Waals surface area contributed by atoms with Crippen LogP contribution in [0.2, 0.25) is 0 Å². The molecule has 5 heteroatoms. The minimum Gasteiger partial charge on any atom is -0.478 e. The third kappa shape index (κ3) is 2.43. The molecule has 19 heavy (non-hydrogen) atoms. The van der Waals surface area contributed by atoms with E-state index in [4.69, 9.17) is 9.52 Å². The summed E-state index contributed by atoms with van der Waals surface area (Å²) in [6, 6.07) is 3.97. The van der Waals surface area contributed by atoms with Crippen LogP contribution >= 0.6 is 11.3 Å². The van der Waals surface area contributed by atoms with Crippen molar-refractivity contribution >= 4 is 17.3 Å². The van der Waals surface area contributed by atoms with E-state index in [-0.39, 0.29) is 5.56 Å². The molecule has 2 aromatic heterocycles. The van der Waals surface area contributed by atoms with Crippen LogP contribution in [0.25, 0.3) is 0 Å². The van der Waals surface area contributed by atoms with Crippen LogP contribution in [-0.2, 0) is 13.0 Å². The van der Waals surface area contributed by atoms with Gasteiger partial charge in [-0.2, -0.15) is 0 Å². The van der Waals surface area contributed by atoms with Gasteiger partial charge in [0.25, 0.3) is 0 Å². The lowest BCUT2D eigenvalue weighted by molar-refractivity contribution is 0.0694. The standard InChI is InChI=1S/C14H15NO3S/c16-14(17)10-4-6-18-12(10)8-15-11-2-1-3-13-9(11)5-7-19-13/h4-7,11,15H,1-3,8H2,(H,16,17). The van der Waals surface area contributed by atoms with E-state index < -0.39 is 5.97 Å². The van der Waals surface area contributed by atoms with Gasteiger partial charge in [-0.05, 0) is 42.3 Å². The van der Waals surface area contributed by atoms with E-state index in [2.05, 4.69) is 16.8 Å². The third-order valence-corrected chi connectivity index (χ3v) is 4.53. The molecule has 4 nitrogen and oxygen atoms in total. The highest BCUT2D eigenvalue weighted by molar-refractivity contribution is 7.10. The molecule has 3 rings (SSSR count). The maximum Gasteiger partial charge on any atom is 0.339 e. The molecule has 100 valence electrons. The predicted molar refractivity (Wildman–Crippen MR) is 72.5 cm³/mol. The molecule has 0 spiro atoms. The third-order valence-electron chi connectivity index (χ3n) is 3.54. The predicted octanol–water partition coefficient (Wildman–Crippen LogP) is 3.21. The van der Waals surface area contributed by atoms with E-state index >= 15 is 0 Å². The molecule has 0 aromatic carbocycles. The minimum absolute atomic E-state index is 0.244. The summed E-state index contributed by atoms with van der Waals surface area (Å²) in [6.45, 7) is 0.453. The van der Waals surface area contributed by atoms with Gasteiger partial charge < -0.3 is 14.8 Å². The number of carbonyl (C=O) groups is 1. The van der Waals surface area contributed by atoms with E-state index in [1.165, 1.54) is 29.2 Å². The maximum atomic E-state index is 11.0. The number of fused-ring (bicyclic) bond motifs is 1. The molecular weight excluding hydrogens is 262 g/mol. The number of carboxylic acid groups (broad SMARTS) is 1. The van der Waals surface area contributed by atoms with Crippen molar-refractivity contribution in [3.8, 4) is 0 Å². The van der Waals surface area contributed by atoms with Crippen molar-refractivity contribution in [2.75, 3.05) is 0 Å². The first-order chi connectivity index (χ1) is 9.25. The van der Waals surface area contributed by atoms with Gasteiger partial charge in [0, 0.05) is 10.9 Å². The molecule has 2 N–H and O–H groups in total. The van der Waals surface area contributed by atoms with Crippen molar-refractivity contribution < 1.29 is 14.3 Å². The van der Waals surface area contributed by atoms with E-state index in [0.717, 1.165) is 12.8 Å². The number of nitrogens with one attached hydrogen (secondary N) is 1. The SMILES string of the molecule is O=C(O)c1ccoc1CNC1CCCc2sccc21. The normalized spacial score (nSPS) is 18.2. The second-order valence-electron chi connectivity index (χ2n) is 4.69. The Hall–Kier alpha value is -1.59. The Morgan fingerprint density at radius 2 is 2.42 bits per heavy atom. The van der Waals surface area contributed by atoms with Gasteiger partial charge in [-0.15, -0.1) is 11.3 Å². The van der Waals surface area contributed by atoms with Gasteiger partial charge in [0.1, 0.15) is 11.3 Å². The molecule has 1 unspecified atom stereocenters. The molecule has 1 aliphatic carbocycles. The number of aryl methyl sites for hydroxylation is 1. The van der Waals surface area contributed by atoms with Gasteiger partial charge in [0.2, 0.25) is 0 Å². The number of carboxylic acids is 1. The zero-order valence-electron chi connectivity index (χ0n) is 10.4. The number of furan rings is 1. The Kier molecular flexibility index (Phi) is 3.40. The Balaban J connectivity index is 1.71. The number of hydrogen-bond acceptors (Lipinski definition) is 4. The molecule has 0 radical (unpaired) electrons. The summed E-state index contributed by atoms with van der Waals surface area (Å²) in [6.07, 6.45) is 4.85. The summed E-state index contributed by atoms with van der Waals surface area (Å²) in [5, 5.41) is 14.6. The molecule has 0 bridgehead atoms. The summed E-state index contributed by atoms with van der Waals surface area (Å²) in [5.41, 5.74) is 1.61. The first kappa shape index (κ1) is 12.4. The highest BCUT2D eigenvalue weighted by Gasteiger charge is 2.22. The van der Waals surface area contributed by atoms with Crippen LogP contribution in [0.1, 0.15) is 45.4 Å². The summed E-state index contributed by atoms with van der Waals surface area (Å²) in [5.74, 6) is -0.444. The number of hydrogen-bond donors (Lipinski definition) is 2. The number of rotatable bonds is 4. The average molecular weight is 277 g/mol. The monoisotopic (exact) mass is 277 g/mol. The van der Waals surface area contributed by atoms with Crippen LogP contribution in [0.4, 0.5) is 0 Å². The van der Waals surface area contributed by atoms with Gasteiger partial charge >= 0.3 is 5.97 Å². The minimum atomic E-state index is -0.939. The first-order valence-corrected chi connectivity index (χ1v) is 7.23. The second kappa shape index (κ2) is 5.19. The number of thiophene rings is 1. The van der Waals surface area contributed by atoms with Crippen molar-refractivity contribution in [2.24, 2.45) is 0 Å². The van der Waals surface area contributed by atoms with Crippen molar-refractivity contribution in [3.63, 3.8) is 0 Å². The van der Waals surface area contributed by atoms with Crippen LogP contribution in [0.3, 0.4) is 0 Å². The van der Waals surface area contributed by atoms with Gasteiger partial charge in [-0.1, -0.05) is 0 Å². The molecule has 0 amide bonds. The van der Waals surface area contributed by atoms with Crippen molar-refractivity contribution in [3.05, 3.63) is 45.5 Å². The fourth-order valence-electron chi connectivity index (χ4n) is 2.58. The van der Waals surface area contributed by atoms with Crippen LogP contribution < -0.4 is 5.32 Å². The molecule has 1 atom stereocenters. The Labute approximate surface area is 115 Å². The summed E-state index contributed by atoms with van der Waals surface area (Å²) < 4.78 is 5.25. The van der Waals surface area contributed by atoms with E-state index in [0.29, 0.717) is 18.3 Å². The zero-order chi connectivity index (χ0) is 13.2. The van der Waals surface area contributed by atoms with E-state index in [1.807, 2.05) is 0 Å². The average Bonchev–Trinajstić information content (AvgIpc) is 3.04. The van der Waals surface area contributed by atoms with E-state index in [1.54, 1.807) is 11.3 Å². The summed E-state index contributed by atoms with van der Waals surface area (Å²) in [7, 11) is 0. The molecule has 2 heterocycles. The molecule has 0 saturated carbocycles. The van der Waals surface area contributed by atoms with Crippen LogP contribution in [0.15, 0.2) is 28.2 Å². The van der Waals surface area contributed by atoms with E-state index in [9.17, 15) is 4.79 Å². The van der Waals surface area contributed by atoms with Gasteiger partial charge in [-0.3, -0.25) is 0 Å². The maximum absolute atomic E-state index is 11.0. The van der Waals surface area contributed by atoms with Crippen LogP contribution in [0.5, 0.6) is 0 Å². The van der Waals surface area contributed by atoms with Crippen LogP contribution in [-0.4, -0.2) is 11.1 Å². The highest BCUT2D eigenvalue weighted by Crippen LogP contribution is 2.33. The molecule has 1 aliphatic rings. The fourth-order valence-corrected chi connectivity index (χ4v) is 3.57. The lowest BCUT2D eigenvalue weighted by Crippen LogP contribution is -2.24. The zero-order valence-corrected chi connectivity index (χ0v) is 11.2. The highest BCUT2D eigenvalue weighted by atomic mass is 32.1. The topological polar surface area (TPSA) is 62.5 Å². The first-order valence-electron chi connectivity index (χ1n) is 6.35. The van der Waals surface area contributed by atoms with Crippen LogP contribution in [0, 0.1) is 0 Å². The molecule has 0 saturated heterocycles. The smallest absolute Gasteiger partial charge is 0.339 e. The lowest BCUT2D eigenvalue weighted by atomic mass is 9.94. The van der Waals surface area contributed by atoms with Gasteiger partial charge in [-0.25, -0.2) is 4.79 Å². The fraction of sp³-hybridized carbons (Fsp3) is 0.357. The number of aromatic carboxylic acids is 1. The quantitative estimate of drug-likeness (QED) is 0.900. The largest absolute Gasteiger partial charge is 0.478 e. The Bertz CT molecular complexity index is 587. The molecule has 2 aromatic rings. The second-order valence-corrected chi connectivity index (χ2v) is 5.69. The summed E-state index contributed by atoms with van der Waals surface area (Å²) >= 11 is 1.80. The van der Waals surface area contributed by atoms with Crippen molar-refractivity contribution in [2.45, 2.75) is 31.8 Å².